The van der Waals surface area contributed by atoms with Gasteiger partial charge in [-0.2, -0.15) is 0 Å². The number of ketones is 3. The van der Waals surface area contributed by atoms with E-state index in [0.717, 1.165) is 29.5 Å². The minimum absolute atomic E-state index is 0.0491. The number of phenolic OH excluding ortho intramolecular Hbond substituents is 1. The van der Waals surface area contributed by atoms with Crippen molar-refractivity contribution in [2.75, 3.05) is 0 Å². The van der Waals surface area contributed by atoms with E-state index < -0.39 is 39.5 Å². The van der Waals surface area contributed by atoms with E-state index in [1.165, 1.54) is 6.92 Å². The Labute approximate surface area is 248 Å². The highest BCUT2D eigenvalue weighted by Crippen LogP contribution is 2.62. The summed E-state index contributed by atoms with van der Waals surface area (Å²) in [4.78, 5) is 40.5. The third kappa shape index (κ3) is 4.38. The Balaban J connectivity index is 1.74. The fourth-order valence-electron chi connectivity index (χ4n) is 8.02. The topological polar surface area (TPSA) is 112 Å². The Morgan fingerprint density at radius 2 is 1.64 bits per heavy atom. The molecule has 0 unspecified atom stereocenters. The molecular formula is C36H42O6. The summed E-state index contributed by atoms with van der Waals surface area (Å²) < 4.78 is 0. The third-order valence-corrected chi connectivity index (χ3v) is 9.79. The van der Waals surface area contributed by atoms with Crippen LogP contribution in [0.3, 0.4) is 0 Å². The maximum Gasteiger partial charge on any atom is 0.206 e. The van der Waals surface area contributed by atoms with Gasteiger partial charge in [0.1, 0.15) is 11.5 Å². The van der Waals surface area contributed by atoms with Crippen molar-refractivity contribution in [1.29, 1.82) is 0 Å². The van der Waals surface area contributed by atoms with Gasteiger partial charge >= 0.3 is 0 Å². The van der Waals surface area contributed by atoms with Crippen molar-refractivity contribution in [3.05, 3.63) is 69.8 Å². The Bertz CT molecular complexity index is 1590. The molecule has 5 rings (SSSR count). The fraction of sp³-hybridized carbons (Fsp3) is 0.472. The number of aliphatic hydroxyl groups is 2. The molecule has 0 heterocycles. The second-order valence-electron chi connectivity index (χ2n) is 14.5. The molecule has 2 aromatic carbocycles. The molecule has 3 atom stereocenters. The standard InChI is InChI=1S/C36H42O6/c1-20-17-35(7)19-34(6)18-25-24(22-12-9-8-10-13-22)16-23(14-11-15-33(3,4)5)29(38)27(25)30(39)28(34)32(41)36(35,42)31(40)26(20)21(2)37/h8-10,12-13,16,38-39,42H,11,14-15,17-19H2,1-7H3/t34-,35+,36+/m0/s1. The number of carbonyl (C=O) groups is 3. The predicted molar refractivity (Wildman–Crippen MR) is 163 cm³/mol. The molecule has 3 aliphatic carbocycles. The lowest BCUT2D eigenvalue weighted by atomic mass is 9.46. The Morgan fingerprint density at radius 3 is 2.24 bits per heavy atom. The van der Waals surface area contributed by atoms with Gasteiger partial charge in [-0.15, -0.1) is 0 Å². The molecular weight excluding hydrogens is 528 g/mol. The molecule has 6 heteroatoms. The van der Waals surface area contributed by atoms with Gasteiger partial charge in [0.2, 0.25) is 11.6 Å². The molecule has 0 saturated heterocycles. The van der Waals surface area contributed by atoms with E-state index in [2.05, 4.69) is 20.8 Å². The summed E-state index contributed by atoms with van der Waals surface area (Å²) in [6.45, 7) is 13.1. The molecule has 3 N–H and O–H groups in total. The first-order valence-corrected chi connectivity index (χ1v) is 14.8. The van der Waals surface area contributed by atoms with Gasteiger partial charge in [-0.25, -0.2) is 0 Å². The summed E-state index contributed by atoms with van der Waals surface area (Å²) in [6.07, 6.45) is 3.11. The number of phenols is 1. The number of aromatic hydroxyl groups is 1. The smallest absolute Gasteiger partial charge is 0.206 e. The van der Waals surface area contributed by atoms with Crippen LogP contribution in [0, 0.1) is 16.2 Å². The zero-order valence-corrected chi connectivity index (χ0v) is 25.8. The lowest BCUT2D eigenvalue weighted by Crippen LogP contribution is -2.67. The zero-order valence-electron chi connectivity index (χ0n) is 25.8. The van der Waals surface area contributed by atoms with E-state index in [1.807, 2.05) is 43.3 Å². The summed E-state index contributed by atoms with van der Waals surface area (Å²) in [5, 5.41) is 35.6. The van der Waals surface area contributed by atoms with E-state index in [4.69, 9.17) is 0 Å². The van der Waals surface area contributed by atoms with E-state index in [-0.39, 0.29) is 40.7 Å². The number of aliphatic hydroxyl groups excluding tert-OH is 1. The molecule has 1 saturated carbocycles. The van der Waals surface area contributed by atoms with Crippen molar-refractivity contribution >= 4 is 23.1 Å². The normalized spacial score (nSPS) is 27.5. The van der Waals surface area contributed by atoms with Gasteiger partial charge in [0, 0.05) is 16.4 Å². The number of carbonyl (C=O) groups excluding carboxylic acids is 3. The first-order valence-electron chi connectivity index (χ1n) is 14.8. The minimum Gasteiger partial charge on any atom is -0.507 e. The summed E-state index contributed by atoms with van der Waals surface area (Å²) in [5.74, 6) is -2.74. The maximum absolute atomic E-state index is 14.4. The van der Waals surface area contributed by atoms with Crippen LogP contribution >= 0.6 is 0 Å². The number of aryl methyl sites for hydroxylation is 1. The molecule has 3 aliphatic rings. The highest BCUT2D eigenvalue weighted by molar-refractivity contribution is 6.33. The number of hydrogen-bond donors (Lipinski definition) is 3. The highest BCUT2D eigenvalue weighted by atomic mass is 16.3. The van der Waals surface area contributed by atoms with Crippen LogP contribution in [0.25, 0.3) is 16.9 Å². The van der Waals surface area contributed by atoms with Gasteiger partial charge in [-0.3, -0.25) is 14.4 Å². The van der Waals surface area contributed by atoms with Crippen molar-refractivity contribution < 1.29 is 29.7 Å². The predicted octanol–water partition coefficient (Wildman–Crippen LogP) is 6.85. The first kappa shape index (κ1) is 30.0. The highest BCUT2D eigenvalue weighted by Gasteiger charge is 2.69. The average molecular weight is 571 g/mol. The van der Waals surface area contributed by atoms with Gasteiger partial charge in [0.05, 0.1) is 11.1 Å². The number of rotatable bonds is 5. The lowest BCUT2D eigenvalue weighted by Gasteiger charge is -2.56. The van der Waals surface area contributed by atoms with Gasteiger partial charge in [-0.1, -0.05) is 70.5 Å². The molecule has 0 bridgehead atoms. The third-order valence-electron chi connectivity index (χ3n) is 9.79. The molecule has 0 spiro atoms. The van der Waals surface area contributed by atoms with Crippen molar-refractivity contribution in [2.45, 2.75) is 92.6 Å². The Kier molecular flexibility index (Phi) is 6.97. The van der Waals surface area contributed by atoms with Crippen LogP contribution in [0.15, 0.2) is 53.1 Å². The van der Waals surface area contributed by atoms with Crippen LogP contribution in [0.1, 0.15) is 90.8 Å². The van der Waals surface area contributed by atoms with Crippen molar-refractivity contribution in [3.63, 3.8) is 0 Å². The Morgan fingerprint density at radius 1 is 1.00 bits per heavy atom. The zero-order chi connectivity index (χ0) is 31.0. The molecule has 0 aliphatic heterocycles. The summed E-state index contributed by atoms with van der Waals surface area (Å²) in [7, 11) is 0. The average Bonchev–Trinajstić information content (AvgIpc) is 2.87. The van der Waals surface area contributed by atoms with Gasteiger partial charge in [0.25, 0.3) is 0 Å². The van der Waals surface area contributed by atoms with E-state index >= 15 is 0 Å². The number of allylic oxidation sites excluding steroid dienone is 1. The van der Waals surface area contributed by atoms with Gasteiger partial charge < -0.3 is 15.3 Å². The first-order chi connectivity index (χ1) is 19.4. The van der Waals surface area contributed by atoms with Crippen LogP contribution in [-0.2, 0) is 27.2 Å². The quantitative estimate of drug-likeness (QED) is 0.268. The second kappa shape index (κ2) is 9.77. The van der Waals surface area contributed by atoms with Gasteiger partial charge in [0.15, 0.2) is 11.4 Å². The van der Waals surface area contributed by atoms with Crippen molar-refractivity contribution in [2.24, 2.45) is 16.2 Å². The monoisotopic (exact) mass is 570 g/mol. The minimum atomic E-state index is -2.49. The van der Waals surface area contributed by atoms with E-state index in [1.54, 1.807) is 13.8 Å². The van der Waals surface area contributed by atoms with Crippen LogP contribution in [0.4, 0.5) is 0 Å². The van der Waals surface area contributed by atoms with Crippen LogP contribution in [-0.4, -0.2) is 38.3 Å². The van der Waals surface area contributed by atoms with Crippen LogP contribution in [0.2, 0.25) is 0 Å². The number of benzene rings is 2. The van der Waals surface area contributed by atoms with Gasteiger partial charge in [-0.05, 0) is 86.1 Å². The summed E-state index contributed by atoms with van der Waals surface area (Å²) in [5.41, 5.74) is -0.678. The molecule has 0 radical (unpaired) electrons. The molecule has 222 valence electrons. The van der Waals surface area contributed by atoms with E-state index in [9.17, 15) is 29.7 Å². The molecule has 6 nitrogen and oxygen atoms in total. The fourth-order valence-corrected chi connectivity index (χ4v) is 8.02. The number of fused-ring (bicyclic) bond motifs is 3. The molecule has 2 aromatic rings. The summed E-state index contributed by atoms with van der Waals surface area (Å²) >= 11 is 0. The van der Waals surface area contributed by atoms with Crippen LogP contribution in [0.5, 0.6) is 5.75 Å². The van der Waals surface area contributed by atoms with E-state index in [0.29, 0.717) is 24.0 Å². The largest absolute Gasteiger partial charge is 0.507 e. The number of hydrogen-bond acceptors (Lipinski definition) is 6. The van der Waals surface area contributed by atoms with Crippen molar-refractivity contribution in [3.8, 4) is 16.9 Å². The summed E-state index contributed by atoms with van der Waals surface area (Å²) in [6, 6.07) is 11.8. The molecule has 0 amide bonds. The SMILES string of the molecule is CC(=O)C1=C(C)C[C@]2(C)C[C@]3(C)Cc4c(-c5ccccc5)cc(CCCC(C)(C)C)c(O)c4C(O)=C3C(=O)[C@]2(O)C1=O. The second-order valence-corrected chi connectivity index (χ2v) is 14.5. The molecule has 0 aromatic heterocycles. The molecule has 1 fully saturated rings. The Hall–Kier alpha value is -3.51. The number of Topliss-reactive ketones (excluding diaryl/α,β-unsaturated/α-hetero) is 3. The van der Waals surface area contributed by atoms with Crippen LogP contribution < -0.4 is 0 Å². The maximum atomic E-state index is 14.4. The van der Waals surface area contributed by atoms with Crippen molar-refractivity contribution in [1.82, 2.24) is 0 Å². The molecule has 42 heavy (non-hydrogen) atoms. The lowest BCUT2D eigenvalue weighted by molar-refractivity contribution is -0.171.